The number of carbonyl (C=O) groups is 2. The topological polar surface area (TPSA) is 64.6 Å². The van der Waals surface area contributed by atoms with Gasteiger partial charge in [-0.1, -0.05) is 12.1 Å². The van der Waals surface area contributed by atoms with E-state index in [1.54, 1.807) is 6.92 Å². The summed E-state index contributed by atoms with van der Waals surface area (Å²) in [6.07, 6.45) is 0.280. The molecule has 0 aliphatic carbocycles. The van der Waals surface area contributed by atoms with Crippen molar-refractivity contribution in [2.45, 2.75) is 38.1 Å². The summed E-state index contributed by atoms with van der Waals surface area (Å²) < 4.78 is 11.3. The lowest BCUT2D eigenvalue weighted by Gasteiger charge is -2.34. The summed E-state index contributed by atoms with van der Waals surface area (Å²) in [7, 11) is 0. The molecule has 0 unspecified atom stereocenters. The zero-order valence-electron chi connectivity index (χ0n) is 11.5. The van der Waals surface area contributed by atoms with Crippen LogP contribution in [0, 0.1) is 0 Å². The smallest absolute Gasteiger partial charge is 0.226 e. The molecule has 2 aliphatic rings. The zero-order valence-corrected chi connectivity index (χ0v) is 11.5. The highest BCUT2D eigenvalue weighted by molar-refractivity contribution is 5.89. The molecule has 1 aromatic carbocycles. The Bertz CT molecular complexity index is 553. The number of nitrogens with one attached hydrogen (secondary N) is 1. The second-order valence-electron chi connectivity index (χ2n) is 5.45. The summed E-state index contributed by atoms with van der Waals surface area (Å²) in [6.45, 7) is 3.64. The van der Waals surface area contributed by atoms with Gasteiger partial charge in [0.25, 0.3) is 0 Å². The maximum atomic E-state index is 11.8. The quantitative estimate of drug-likeness (QED) is 0.894. The van der Waals surface area contributed by atoms with Crippen molar-refractivity contribution in [2.24, 2.45) is 0 Å². The van der Waals surface area contributed by atoms with Crippen molar-refractivity contribution < 1.29 is 19.1 Å². The van der Waals surface area contributed by atoms with Crippen LogP contribution < -0.4 is 5.32 Å². The van der Waals surface area contributed by atoms with Gasteiger partial charge in [0, 0.05) is 24.9 Å². The fourth-order valence-corrected chi connectivity index (χ4v) is 2.79. The van der Waals surface area contributed by atoms with Gasteiger partial charge in [-0.15, -0.1) is 0 Å². The van der Waals surface area contributed by atoms with Crippen LogP contribution in [0.3, 0.4) is 0 Å². The first kappa shape index (κ1) is 13.3. The third-order valence-corrected chi connectivity index (χ3v) is 3.92. The Kier molecular flexibility index (Phi) is 3.11. The highest BCUT2D eigenvalue weighted by atomic mass is 16.7. The van der Waals surface area contributed by atoms with Crippen LogP contribution in [-0.4, -0.2) is 30.2 Å². The third kappa shape index (κ3) is 2.23. The predicted molar refractivity (Wildman–Crippen MR) is 72.3 cm³/mol. The third-order valence-electron chi connectivity index (χ3n) is 3.92. The van der Waals surface area contributed by atoms with Crippen molar-refractivity contribution in [3.05, 3.63) is 29.8 Å². The molecule has 3 atom stereocenters. The van der Waals surface area contributed by atoms with Crippen LogP contribution >= 0.6 is 0 Å². The molecular weight excluding hydrogens is 258 g/mol. The molecule has 2 fully saturated rings. The molecule has 2 bridgehead atoms. The Labute approximate surface area is 117 Å². The summed E-state index contributed by atoms with van der Waals surface area (Å²) in [6, 6.07) is 7.57. The lowest BCUT2D eigenvalue weighted by Crippen LogP contribution is -2.42. The van der Waals surface area contributed by atoms with Crippen LogP contribution in [0.25, 0.3) is 0 Å². The van der Waals surface area contributed by atoms with Gasteiger partial charge >= 0.3 is 0 Å². The van der Waals surface area contributed by atoms with Gasteiger partial charge in [0.1, 0.15) is 0 Å². The average molecular weight is 275 g/mol. The molecule has 1 N–H and O–H groups in total. The molecule has 0 saturated carbocycles. The van der Waals surface area contributed by atoms with E-state index in [4.69, 9.17) is 9.47 Å². The molecule has 5 heteroatoms. The Morgan fingerprint density at radius 1 is 1.35 bits per heavy atom. The van der Waals surface area contributed by atoms with Crippen LogP contribution in [0.4, 0.5) is 5.69 Å². The summed E-state index contributed by atoms with van der Waals surface area (Å²) >= 11 is 0. The van der Waals surface area contributed by atoms with Gasteiger partial charge in [0.2, 0.25) is 11.7 Å². The van der Waals surface area contributed by atoms with Gasteiger partial charge in [0.15, 0.2) is 5.78 Å². The van der Waals surface area contributed by atoms with E-state index in [-0.39, 0.29) is 23.7 Å². The number of rotatable bonds is 2. The second kappa shape index (κ2) is 4.68. The Balaban J connectivity index is 1.77. The molecule has 1 amide bonds. The van der Waals surface area contributed by atoms with Crippen LogP contribution in [0.2, 0.25) is 0 Å². The van der Waals surface area contributed by atoms with Crippen LogP contribution in [-0.2, 0) is 19.1 Å². The first-order chi connectivity index (χ1) is 9.48. The minimum absolute atomic E-state index is 0.0138. The average Bonchev–Trinajstić information content (AvgIpc) is 2.61. The number of anilines is 1. The minimum Gasteiger partial charge on any atom is -0.343 e. The molecule has 2 heterocycles. The largest absolute Gasteiger partial charge is 0.343 e. The molecule has 5 nitrogen and oxygen atoms in total. The lowest BCUT2D eigenvalue weighted by atomic mass is 9.92. The van der Waals surface area contributed by atoms with Gasteiger partial charge in [-0.2, -0.15) is 0 Å². The molecule has 0 radical (unpaired) electrons. The van der Waals surface area contributed by atoms with Crippen molar-refractivity contribution in [1.29, 1.82) is 0 Å². The summed E-state index contributed by atoms with van der Waals surface area (Å²) in [5, 5.41) is 2.73. The van der Waals surface area contributed by atoms with Crippen molar-refractivity contribution in [3.8, 4) is 0 Å². The monoisotopic (exact) mass is 275 g/mol. The molecule has 3 rings (SSSR count). The molecule has 106 valence electrons. The van der Waals surface area contributed by atoms with Gasteiger partial charge in [-0.3, -0.25) is 9.59 Å². The van der Waals surface area contributed by atoms with Crippen molar-refractivity contribution in [1.82, 2.24) is 0 Å². The summed E-state index contributed by atoms with van der Waals surface area (Å²) in [5.74, 6) is -1.07. The fourth-order valence-electron chi connectivity index (χ4n) is 2.79. The first-order valence-electron chi connectivity index (χ1n) is 6.70. The molecule has 2 aliphatic heterocycles. The SMILES string of the molecule is CC(=O)Nc1ccc([C@@H]2CO[C@@]3(C)O[C@@H]2CC3=O)cc1. The summed E-state index contributed by atoms with van der Waals surface area (Å²) in [4.78, 5) is 22.8. The van der Waals surface area contributed by atoms with E-state index in [1.807, 2.05) is 24.3 Å². The molecule has 2 saturated heterocycles. The van der Waals surface area contributed by atoms with Crippen LogP contribution in [0.5, 0.6) is 0 Å². The van der Waals surface area contributed by atoms with E-state index >= 15 is 0 Å². The molecule has 20 heavy (non-hydrogen) atoms. The lowest BCUT2D eigenvalue weighted by molar-refractivity contribution is -0.246. The van der Waals surface area contributed by atoms with Gasteiger partial charge < -0.3 is 14.8 Å². The number of ketones is 1. The number of Topliss-reactive ketones (excluding diaryl/α,β-unsaturated/α-hetero) is 1. The number of carbonyl (C=O) groups excluding carboxylic acids is 2. The Morgan fingerprint density at radius 3 is 2.70 bits per heavy atom. The van der Waals surface area contributed by atoms with Crippen molar-refractivity contribution in [3.63, 3.8) is 0 Å². The number of ether oxygens (including phenoxy) is 2. The normalized spacial score (nSPS) is 32.2. The maximum absolute atomic E-state index is 11.8. The maximum Gasteiger partial charge on any atom is 0.226 e. The number of amides is 1. The highest BCUT2D eigenvalue weighted by Gasteiger charge is 2.52. The molecular formula is C15H17NO4. The van der Waals surface area contributed by atoms with Crippen molar-refractivity contribution in [2.75, 3.05) is 11.9 Å². The number of fused-ring (bicyclic) bond motifs is 2. The van der Waals surface area contributed by atoms with E-state index in [2.05, 4.69) is 5.32 Å². The van der Waals surface area contributed by atoms with E-state index in [9.17, 15) is 9.59 Å². The summed E-state index contributed by atoms with van der Waals surface area (Å²) in [5.41, 5.74) is 1.81. The first-order valence-corrected chi connectivity index (χ1v) is 6.70. The molecule has 0 spiro atoms. The van der Waals surface area contributed by atoms with E-state index in [1.165, 1.54) is 6.92 Å². The number of hydrogen-bond donors (Lipinski definition) is 1. The van der Waals surface area contributed by atoms with E-state index in [0.29, 0.717) is 13.0 Å². The molecule has 1 aromatic rings. The Hall–Kier alpha value is -1.72. The predicted octanol–water partition coefficient (Wildman–Crippen LogP) is 1.83. The number of hydrogen-bond acceptors (Lipinski definition) is 4. The Morgan fingerprint density at radius 2 is 2.05 bits per heavy atom. The standard InChI is InChI=1S/C15H17NO4/c1-9(17)16-11-5-3-10(4-6-11)12-8-19-15(2)14(18)7-13(12)20-15/h3-6,12-13H,7-8H2,1-2H3,(H,16,17)/t12-,13+,15-/m0/s1. The minimum atomic E-state index is -1.04. The van der Waals surface area contributed by atoms with Crippen LogP contribution in [0.1, 0.15) is 31.7 Å². The van der Waals surface area contributed by atoms with Gasteiger partial charge in [0.05, 0.1) is 12.7 Å². The fraction of sp³-hybridized carbons (Fsp3) is 0.467. The highest BCUT2D eigenvalue weighted by Crippen LogP contribution is 2.41. The van der Waals surface area contributed by atoms with E-state index < -0.39 is 5.79 Å². The zero-order chi connectivity index (χ0) is 14.3. The van der Waals surface area contributed by atoms with Gasteiger partial charge in [-0.05, 0) is 24.6 Å². The molecule has 0 aromatic heterocycles. The van der Waals surface area contributed by atoms with E-state index in [0.717, 1.165) is 11.3 Å². The van der Waals surface area contributed by atoms with Crippen molar-refractivity contribution >= 4 is 17.4 Å². The van der Waals surface area contributed by atoms with Gasteiger partial charge in [-0.25, -0.2) is 0 Å². The van der Waals surface area contributed by atoms with Crippen LogP contribution in [0.15, 0.2) is 24.3 Å². The number of benzene rings is 1. The second-order valence-corrected chi connectivity index (χ2v) is 5.45.